The van der Waals surface area contributed by atoms with Crippen molar-refractivity contribution in [3.8, 4) is 5.75 Å². The minimum Gasteiger partial charge on any atom is -0.494 e. The van der Waals surface area contributed by atoms with E-state index in [0.717, 1.165) is 4.90 Å². The molecule has 0 unspecified atom stereocenters. The number of carbonyl (C=O) groups excluding carboxylic acids is 3. The van der Waals surface area contributed by atoms with Crippen LogP contribution >= 0.6 is 11.6 Å². The summed E-state index contributed by atoms with van der Waals surface area (Å²) in [6, 6.07) is 17.4. The van der Waals surface area contributed by atoms with E-state index in [9.17, 15) is 22.8 Å². The highest BCUT2D eigenvalue weighted by Gasteiger charge is 2.39. The first-order valence-corrected chi connectivity index (χ1v) is 12.1. The minimum absolute atomic E-state index is 0.0278. The molecule has 0 radical (unpaired) electrons. The summed E-state index contributed by atoms with van der Waals surface area (Å²) in [6.45, 7) is 1.45. The van der Waals surface area contributed by atoms with E-state index in [0.29, 0.717) is 21.7 Å². The lowest BCUT2D eigenvalue weighted by molar-refractivity contribution is -0.117. The third-order valence-electron chi connectivity index (χ3n) is 5.13. The molecule has 1 heterocycles. The molecule has 3 aromatic carbocycles. The fourth-order valence-electron chi connectivity index (χ4n) is 3.56. The van der Waals surface area contributed by atoms with Crippen LogP contribution in [0.25, 0.3) is 0 Å². The van der Waals surface area contributed by atoms with Crippen molar-refractivity contribution in [2.24, 2.45) is 0 Å². The number of sulfonamides is 1. The van der Waals surface area contributed by atoms with Crippen molar-refractivity contribution in [1.29, 1.82) is 0 Å². The zero-order valence-electron chi connectivity index (χ0n) is 18.0. The zero-order chi connectivity index (χ0) is 24.5. The van der Waals surface area contributed by atoms with Gasteiger partial charge in [-0.05, 0) is 67.6 Å². The highest BCUT2D eigenvalue weighted by Crippen LogP contribution is 2.28. The number of fused-ring (bicyclic) bond motifs is 1. The van der Waals surface area contributed by atoms with Crippen LogP contribution in [-0.4, -0.2) is 44.2 Å². The second-order valence-electron chi connectivity index (χ2n) is 7.29. The lowest BCUT2D eigenvalue weighted by atomic mass is 10.1. The Hall–Kier alpha value is -3.69. The number of amides is 3. The maximum Gasteiger partial charge on any atom is 0.270 e. The van der Waals surface area contributed by atoms with Crippen molar-refractivity contribution in [2.45, 2.75) is 11.8 Å². The molecule has 4 rings (SSSR count). The normalized spacial score (nSPS) is 13.1. The number of imide groups is 1. The van der Waals surface area contributed by atoms with E-state index >= 15 is 0 Å². The standard InChI is InChI=1S/C24H19ClN2O6S/c1-2-33-18-11-9-17(10-12-18)27(34(31,32)19-13-7-16(25)8-14-19)22(28)15-26-23(29)20-5-3-4-6-21(20)24(26)30/h3-14H,2,15H2,1H3. The van der Waals surface area contributed by atoms with Gasteiger partial charge < -0.3 is 4.74 Å². The number of anilines is 1. The molecule has 0 N–H and O–H groups in total. The summed E-state index contributed by atoms with van der Waals surface area (Å²) in [5.74, 6) is -1.81. The highest BCUT2D eigenvalue weighted by molar-refractivity contribution is 7.93. The van der Waals surface area contributed by atoms with Crippen LogP contribution in [0.5, 0.6) is 5.75 Å². The van der Waals surface area contributed by atoms with Crippen LogP contribution in [0.4, 0.5) is 5.69 Å². The molecule has 0 saturated heterocycles. The topological polar surface area (TPSA) is 101 Å². The average Bonchev–Trinajstić information content (AvgIpc) is 3.06. The van der Waals surface area contributed by atoms with Crippen molar-refractivity contribution >= 4 is 45.0 Å². The number of rotatable bonds is 7. The molecule has 0 fully saturated rings. The van der Waals surface area contributed by atoms with Gasteiger partial charge >= 0.3 is 0 Å². The van der Waals surface area contributed by atoms with E-state index in [2.05, 4.69) is 0 Å². The zero-order valence-corrected chi connectivity index (χ0v) is 19.5. The third kappa shape index (κ3) is 4.27. The number of benzene rings is 3. The summed E-state index contributed by atoms with van der Waals surface area (Å²) in [7, 11) is -4.40. The fraction of sp³-hybridized carbons (Fsp3) is 0.125. The predicted octanol–water partition coefficient (Wildman–Crippen LogP) is 3.76. The molecule has 0 bridgehead atoms. The van der Waals surface area contributed by atoms with Gasteiger partial charge in [0.2, 0.25) is 0 Å². The Kier molecular flexibility index (Phi) is 6.41. The van der Waals surface area contributed by atoms with E-state index in [-0.39, 0.29) is 21.7 Å². The van der Waals surface area contributed by atoms with Crippen LogP contribution in [0.2, 0.25) is 5.02 Å². The molecule has 8 nitrogen and oxygen atoms in total. The Bertz CT molecular complexity index is 1340. The molecule has 1 aliphatic heterocycles. The van der Waals surface area contributed by atoms with Gasteiger partial charge in [-0.25, -0.2) is 12.7 Å². The first kappa shape index (κ1) is 23.5. The van der Waals surface area contributed by atoms with E-state index in [1.807, 2.05) is 0 Å². The lowest BCUT2D eigenvalue weighted by Gasteiger charge is -2.25. The minimum atomic E-state index is -4.40. The van der Waals surface area contributed by atoms with Gasteiger partial charge in [-0.3, -0.25) is 19.3 Å². The van der Waals surface area contributed by atoms with Gasteiger partial charge in [-0.2, -0.15) is 0 Å². The van der Waals surface area contributed by atoms with E-state index < -0.39 is 34.3 Å². The summed E-state index contributed by atoms with van der Waals surface area (Å²) < 4.78 is 33.0. The molecule has 10 heteroatoms. The summed E-state index contributed by atoms with van der Waals surface area (Å²) in [5.41, 5.74) is 0.349. The smallest absolute Gasteiger partial charge is 0.270 e. The molecular weight excluding hydrogens is 480 g/mol. The SMILES string of the molecule is CCOc1ccc(N(C(=O)CN2C(=O)c3ccccc3C2=O)S(=O)(=O)c2ccc(Cl)cc2)cc1. The van der Waals surface area contributed by atoms with Crippen LogP contribution in [0.15, 0.2) is 77.7 Å². The van der Waals surface area contributed by atoms with Gasteiger partial charge in [0.15, 0.2) is 0 Å². The lowest BCUT2D eigenvalue weighted by Crippen LogP contribution is -2.45. The number of carbonyl (C=O) groups is 3. The van der Waals surface area contributed by atoms with Gasteiger partial charge in [0, 0.05) is 5.02 Å². The summed E-state index contributed by atoms with van der Waals surface area (Å²) in [6.07, 6.45) is 0. The van der Waals surface area contributed by atoms with Crippen LogP contribution < -0.4 is 9.04 Å². The molecule has 174 valence electrons. The van der Waals surface area contributed by atoms with E-state index in [1.54, 1.807) is 19.1 Å². The first-order valence-electron chi connectivity index (χ1n) is 10.3. The predicted molar refractivity (Wildman–Crippen MR) is 126 cm³/mol. The highest BCUT2D eigenvalue weighted by atomic mass is 35.5. The molecular formula is C24H19ClN2O6S. The number of halogens is 1. The maximum atomic E-state index is 13.5. The molecule has 1 aliphatic rings. The Morgan fingerprint density at radius 3 is 2.00 bits per heavy atom. The third-order valence-corrected chi connectivity index (χ3v) is 7.15. The van der Waals surface area contributed by atoms with E-state index in [4.69, 9.17) is 16.3 Å². The molecule has 3 amide bonds. The molecule has 0 atom stereocenters. The molecule has 34 heavy (non-hydrogen) atoms. The summed E-state index contributed by atoms with van der Waals surface area (Å²) in [5, 5.41) is 0.323. The average molecular weight is 499 g/mol. The van der Waals surface area contributed by atoms with Crippen molar-refractivity contribution in [2.75, 3.05) is 17.5 Å². The molecule has 3 aromatic rings. The molecule has 0 aliphatic carbocycles. The van der Waals surface area contributed by atoms with Crippen LogP contribution in [0.1, 0.15) is 27.6 Å². The second kappa shape index (κ2) is 9.28. The van der Waals surface area contributed by atoms with Gasteiger partial charge in [-0.15, -0.1) is 0 Å². The first-order chi connectivity index (χ1) is 16.2. The van der Waals surface area contributed by atoms with Crippen molar-refractivity contribution < 1.29 is 27.5 Å². The molecule has 0 saturated carbocycles. The summed E-state index contributed by atoms with van der Waals surface area (Å²) in [4.78, 5) is 39.4. The second-order valence-corrected chi connectivity index (χ2v) is 9.51. The van der Waals surface area contributed by atoms with Crippen molar-refractivity contribution in [3.63, 3.8) is 0 Å². The largest absolute Gasteiger partial charge is 0.494 e. The monoisotopic (exact) mass is 498 g/mol. The summed E-state index contributed by atoms with van der Waals surface area (Å²) >= 11 is 5.89. The van der Waals surface area contributed by atoms with Gasteiger partial charge in [-0.1, -0.05) is 23.7 Å². The number of nitrogens with zero attached hydrogens (tertiary/aromatic N) is 2. The van der Waals surface area contributed by atoms with Crippen LogP contribution in [-0.2, 0) is 14.8 Å². The molecule has 0 aromatic heterocycles. The van der Waals surface area contributed by atoms with Crippen LogP contribution in [0.3, 0.4) is 0 Å². The van der Waals surface area contributed by atoms with Gasteiger partial charge in [0.1, 0.15) is 12.3 Å². The number of ether oxygens (including phenoxy) is 1. The van der Waals surface area contributed by atoms with Crippen LogP contribution in [0, 0.1) is 0 Å². The van der Waals surface area contributed by atoms with E-state index in [1.165, 1.54) is 60.7 Å². The Morgan fingerprint density at radius 1 is 0.912 bits per heavy atom. The quantitative estimate of drug-likeness (QED) is 0.460. The maximum absolute atomic E-state index is 13.5. The Morgan fingerprint density at radius 2 is 1.47 bits per heavy atom. The fourth-order valence-corrected chi connectivity index (χ4v) is 5.10. The number of hydrogen-bond donors (Lipinski definition) is 0. The van der Waals surface area contributed by atoms with Gasteiger partial charge in [0.05, 0.1) is 28.3 Å². The van der Waals surface area contributed by atoms with Crippen molar-refractivity contribution in [3.05, 3.63) is 88.9 Å². The van der Waals surface area contributed by atoms with Gasteiger partial charge in [0.25, 0.3) is 27.7 Å². The van der Waals surface area contributed by atoms with Crippen molar-refractivity contribution in [1.82, 2.24) is 4.90 Å². The Balaban J connectivity index is 1.72. The molecule has 0 spiro atoms. The Labute approximate surface area is 201 Å². The number of hydrogen-bond acceptors (Lipinski definition) is 6.